The van der Waals surface area contributed by atoms with Crippen molar-refractivity contribution in [1.29, 1.82) is 0 Å². The van der Waals surface area contributed by atoms with Gasteiger partial charge in [-0.25, -0.2) is 9.97 Å². The topological polar surface area (TPSA) is 41.5 Å². The zero-order valence-corrected chi connectivity index (χ0v) is 18.2. The van der Waals surface area contributed by atoms with Crippen molar-refractivity contribution >= 4 is 11.4 Å². The summed E-state index contributed by atoms with van der Waals surface area (Å²) in [6.07, 6.45) is 3.32. The maximum atomic E-state index is 5.51. The summed E-state index contributed by atoms with van der Waals surface area (Å²) in [5.41, 5.74) is 7.67. The molecule has 0 saturated carbocycles. The Morgan fingerprint density at radius 1 is 1.00 bits per heavy atom. The first-order valence-corrected chi connectivity index (χ1v) is 10.7. The van der Waals surface area contributed by atoms with E-state index in [0.717, 1.165) is 69.7 Å². The van der Waals surface area contributed by atoms with Gasteiger partial charge in [-0.1, -0.05) is 29.8 Å². The SMILES string of the molecule is Cc1ccc(C)c(CN2CC=C(c3nc(C)c(C)c(N4CCOCC4)n3)CC2)c1. The predicted molar refractivity (Wildman–Crippen MR) is 118 cm³/mol. The van der Waals surface area contributed by atoms with Crippen LogP contribution >= 0.6 is 0 Å². The Kier molecular flexibility index (Phi) is 5.97. The van der Waals surface area contributed by atoms with Crippen molar-refractivity contribution in [2.45, 2.75) is 40.7 Å². The highest BCUT2D eigenvalue weighted by Crippen LogP contribution is 2.27. The van der Waals surface area contributed by atoms with E-state index in [1.54, 1.807) is 0 Å². The summed E-state index contributed by atoms with van der Waals surface area (Å²) in [5, 5.41) is 0. The second kappa shape index (κ2) is 8.64. The minimum Gasteiger partial charge on any atom is -0.378 e. The van der Waals surface area contributed by atoms with Crippen LogP contribution in [0.3, 0.4) is 0 Å². The number of benzene rings is 1. The lowest BCUT2D eigenvalue weighted by Crippen LogP contribution is -2.37. The Hall–Kier alpha value is -2.24. The zero-order valence-electron chi connectivity index (χ0n) is 18.2. The van der Waals surface area contributed by atoms with Crippen LogP contribution in [0.5, 0.6) is 0 Å². The van der Waals surface area contributed by atoms with Crippen LogP contribution in [0.25, 0.3) is 5.57 Å². The minimum absolute atomic E-state index is 0.772. The van der Waals surface area contributed by atoms with E-state index in [1.807, 2.05) is 0 Å². The fourth-order valence-corrected chi connectivity index (χ4v) is 4.11. The van der Waals surface area contributed by atoms with E-state index in [4.69, 9.17) is 14.7 Å². The third-order valence-corrected chi connectivity index (χ3v) is 6.15. The van der Waals surface area contributed by atoms with Gasteiger partial charge in [0.1, 0.15) is 5.82 Å². The number of anilines is 1. The third kappa shape index (κ3) is 4.51. The molecule has 0 N–H and O–H groups in total. The van der Waals surface area contributed by atoms with Gasteiger partial charge >= 0.3 is 0 Å². The summed E-state index contributed by atoms with van der Waals surface area (Å²) >= 11 is 0. The Morgan fingerprint density at radius 3 is 2.52 bits per heavy atom. The molecule has 4 rings (SSSR count). The zero-order chi connectivity index (χ0) is 20.4. The molecule has 1 aromatic carbocycles. The van der Waals surface area contributed by atoms with Gasteiger partial charge in [-0.05, 0) is 50.8 Å². The Morgan fingerprint density at radius 2 is 1.79 bits per heavy atom. The van der Waals surface area contributed by atoms with E-state index >= 15 is 0 Å². The molecule has 0 aliphatic carbocycles. The molecular formula is C24H32N4O. The molecule has 0 amide bonds. The Balaban J connectivity index is 1.51. The number of rotatable bonds is 4. The molecule has 5 heteroatoms. The summed E-state index contributed by atoms with van der Waals surface area (Å²) < 4.78 is 5.51. The van der Waals surface area contributed by atoms with Gasteiger partial charge in [-0.2, -0.15) is 0 Å². The molecule has 0 unspecified atom stereocenters. The van der Waals surface area contributed by atoms with Crippen molar-refractivity contribution in [2.24, 2.45) is 0 Å². The maximum Gasteiger partial charge on any atom is 0.157 e. The van der Waals surface area contributed by atoms with Gasteiger partial charge in [0.15, 0.2) is 5.82 Å². The molecule has 2 aliphatic rings. The van der Waals surface area contributed by atoms with Gasteiger partial charge in [-0.3, -0.25) is 4.90 Å². The molecule has 0 spiro atoms. The van der Waals surface area contributed by atoms with Crippen molar-refractivity contribution in [3.8, 4) is 0 Å². The third-order valence-electron chi connectivity index (χ3n) is 6.15. The number of aryl methyl sites for hydroxylation is 3. The molecule has 3 heterocycles. The molecule has 1 aromatic heterocycles. The molecule has 2 aliphatic heterocycles. The van der Waals surface area contributed by atoms with Gasteiger partial charge in [0.05, 0.1) is 13.2 Å². The lowest BCUT2D eigenvalue weighted by atomic mass is 10.0. The average molecular weight is 393 g/mol. The highest BCUT2D eigenvalue weighted by atomic mass is 16.5. The second-order valence-electron chi connectivity index (χ2n) is 8.33. The fourth-order valence-electron chi connectivity index (χ4n) is 4.11. The first-order valence-electron chi connectivity index (χ1n) is 10.7. The molecule has 1 fully saturated rings. The summed E-state index contributed by atoms with van der Waals surface area (Å²) in [7, 11) is 0. The molecule has 2 aromatic rings. The van der Waals surface area contributed by atoms with Gasteiger partial charge in [0.25, 0.3) is 0 Å². The van der Waals surface area contributed by atoms with E-state index in [9.17, 15) is 0 Å². The van der Waals surface area contributed by atoms with E-state index in [-0.39, 0.29) is 0 Å². The van der Waals surface area contributed by atoms with Gasteiger partial charge in [0, 0.05) is 44.0 Å². The summed E-state index contributed by atoms with van der Waals surface area (Å²) in [4.78, 5) is 14.7. The van der Waals surface area contributed by atoms with Crippen LogP contribution < -0.4 is 4.90 Å². The van der Waals surface area contributed by atoms with Crippen molar-refractivity contribution in [2.75, 3.05) is 44.3 Å². The molecular weight excluding hydrogens is 360 g/mol. The fraction of sp³-hybridized carbons (Fsp3) is 0.500. The second-order valence-corrected chi connectivity index (χ2v) is 8.33. The summed E-state index contributed by atoms with van der Waals surface area (Å²) in [5.74, 6) is 1.98. The molecule has 1 saturated heterocycles. The smallest absolute Gasteiger partial charge is 0.157 e. The minimum atomic E-state index is 0.772. The van der Waals surface area contributed by atoms with Crippen molar-refractivity contribution in [1.82, 2.24) is 14.9 Å². The number of hydrogen-bond donors (Lipinski definition) is 0. The average Bonchev–Trinajstić information content (AvgIpc) is 2.74. The molecule has 0 bridgehead atoms. The van der Waals surface area contributed by atoms with Crippen LogP contribution in [0, 0.1) is 27.7 Å². The molecule has 154 valence electrons. The van der Waals surface area contributed by atoms with E-state index in [0.29, 0.717) is 0 Å². The van der Waals surface area contributed by atoms with Crippen molar-refractivity contribution in [3.05, 3.63) is 58.0 Å². The Labute approximate surface area is 174 Å². The normalized spacial score (nSPS) is 18.1. The van der Waals surface area contributed by atoms with Gasteiger partial charge in [0.2, 0.25) is 0 Å². The lowest BCUT2D eigenvalue weighted by Gasteiger charge is -2.30. The molecule has 0 radical (unpaired) electrons. The first-order chi connectivity index (χ1) is 14.0. The number of hydrogen-bond acceptors (Lipinski definition) is 5. The molecule has 5 nitrogen and oxygen atoms in total. The van der Waals surface area contributed by atoms with Crippen molar-refractivity contribution in [3.63, 3.8) is 0 Å². The first kappa shape index (κ1) is 20.0. The van der Waals surface area contributed by atoms with Gasteiger partial charge < -0.3 is 9.64 Å². The number of aromatic nitrogens is 2. The highest BCUT2D eigenvalue weighted by Gasteiger charge is 2.21. The summed E-state index contributed by atoms with van der Waals surface area (Å²) in [6.45, 7) is 14.9. The van der Waals surface area contributed by atoms with Crippen LogP contribution in [-0.4, -0.2) is 54.3 Å². The van der Waals surface area contributed by atoms with E-state index in [1.165, 1.54) is 27.8 Å². The quantitative estimate of drug-likeness (QED) is 0.791. The van der Waals surface area contributed by atoms with E-state index < -0.39 is 0 Å². The van der Waals surface area contributed by atoms with Crippen LogP contribution in [0.1, 0.15) is 40.2 Å². The highest BCUT2D eigenvalue weighted by molar-refractivity contribution is 5.64. The monoisotopic (exact) mass is 392 g/mol. The molecule has 29 heavy (non-hydrogen) atoms. The number of morpholine rings is 1. The van der Waals surface area contributed by atoms with Crippen LogP contribution in [0.4, 0.5) is 5.82 Å². The number of ether oxygens (including phenoxy) is 1. The van der Waals surface area contributed by atoms with Crippen LogP contribution in [0.2, 0.25) is 0 Å². The van der Waals surface area contributed by atoms with Crippen LogP contribution in [-0.2, 0) is 11.3 Å². The summed E-state index contributed by atoms with van der Waals surface area (Å²) in [6, 6.07) is 6.73. The standard InChI is InChI=1S/C24H32N4O/c1-17-5-6-18(2)22(15-17)16-27-9-7-21(8-10-27)23-25-20(4)19(3)24(26-23)28-11-13-29-14-12-28/h5-7,15H,8-14,16H2,1-4H3. The van der Waals surface area contributed by atoms with Crippen LogP contribution in [0.15, 0.2) is 24.3 Å². The predicted octanol–water partition coefficient (Wildman–Crippen LogP) is 3.84. The lowest BCUT2D eigenvalue weighted by molar-refractivity contribution is 0.122. The van der Waals surface area contributed by atoms with Gasteiger partial charge in [-0.15, -0.1) is 0 Å². The van der Waals surface area contributed by atoms with Crippen molar-refractivity contribution < 1.29 is 4.74 Å². The van der Waals surface area contributed by atoms with E-state index in [2.05, 4.69) is 61.8 Å². The molecule has 0 atom stereocenters. The number of nitrogens with zero attached hydrogens (tertiary/aromatic N) is 4. The Bertz CT molecular complexity index is 915. The maximum absolute atomic E-state index is 5.51. The largest absolute Gasteiger partial charge is 0.378 e.